The van der Waals surface area contributed by atoms with Crippen LogP contribution in [0.2, 0.25) is 0 Å². The van der Waals surface area contributed by atoms with E-state index in [0.717, 1.165) is 4.57 Å². The standard InChI is InChI=1S/C30H48F2N10O7/c1-15(2)23(34)28(49)41-9-5-6-18(41)26(47)35-13-21(44)38-24(16(3)4)27(48)36-14-22(45)39-40-29-37-20(33)7-10-42(29)19-12-17(8-11-43)25(46)30(19,31)32/h7,10,15-19,23-25,43,46H,5-6,8-9,11-14,34H2,1-4H3,(H,35,47)(H,36,48)(H,38,44)(H,39,45)(H2,33,37,40)/t17-,18-,19+,23-,24-,25+/m0/s1. The Kier molecular flexibility index (Phi) is 13.5. The van der Waals surface area contributed by atoms with Gasteiger partial charge in [-0.1, -0.05) is 27.7 Å². The van der Waals surface area contributed by atoms with Crippen LogP contribution >= 0.6 is 0 Å². The highest BCUT2D eigenvalue weighted by atomic mass is 19.3. The Morgan fingerprint density at radius 3 is 2.41 bits per heavy atom. The topological polar surface area (TPSA) is 259 Å². The molecule has 2 aliphatic rings. The maximum atomic E-state index is 15.0. The van der Waals surface area contributed by atoms with Crippen LogP contribution in [0.4, 0.5) is 14.6 Å². The number of aromatic nitrogens is 2. The van der Waals surface area contributed by atoms with Gasteiger partial charge >= 0.3 is 0 Å². The van der Waals surface area contributed by atoms with Crippen LogP contribution in [0, 0.1) is 17.8 Å². The fraction of sp³-hybridized carbons (Fsp3) is 0.700. The molecule has 274 valence electrons. The zero-order valence-electron chi connectivity index (χ0n) is 28.1. The maximum absolute atomic E-state index is 15.0. The molecular weight excluding hydrogens is 650 g/mol. The van der Waals surface area contributed by atoms with Crippen molar-refractivity contribution in [3.8, 4) is 0 Å². The second-order valence-corrected chi connectivity index (χ2v) is 13.0. The third kappa shape index (κ3) is 9.69. The molecule has 3 rings (SSSR count). The van der Waals surface area contributed by atoms with Crippen molar-refractivity contribution in [3.05, 3.63) is 17.9 Å². The number of nitrogens with two attached hydrogens (primary N) is 2. The van der Waals surface area contributed by atoms with Gasteiger partial charge in [-0.25, -0.2) is 14.2 Å². The minimum absolute atomic E-state index is 0.0406. The molecule has 1 saturated heterocycles. The third-order valence-electron chi connectivity index (χ3n) is 8.75. The number of carbonyl (C=O) groups excluding carboxylic acids is 5. The number of hydrogen-bond donors (Lipinski definition) is 8. The van der Waals surface area contributed by atoms with Crippen molar-refractivity contribution in [1.29, 1.82) is 0 Å². The van der Waals surface area contributed by atoms with Crippen molar-refractivity contribution in [2.24, 2.45) is 28.6 Å². The molecule has 0 spiro atoms. The zero-order chi connectivity index (χ0) is 36.6. The van der Waals surface area contributed by atoms with Gasteiger partial charge in [0.25, 0.3) is 11.8 Å². The predicted molar refractivity (Wildman–Crippen MR) is 170 cm³/mol. The summed E-state index contributed by atoms with van der Waals surface area (Å²) >= 11 is 0. The van der Waals surface area contributed by atoms with Crippen LogP contribution in [0.25, 0.3) is 0 Å². The molecule has 0 unspecified atom stereocenters. The van der Waals surface area contributed by atoms with Gasteiger partial charge in [0.2, 0.25) is 29.2 Å². The number of rotatable bonds is 14. The van der Waals surface area contributed by atoms with Crippen molar-refractivity contribution in [2.75, 3.05) is 32.0 Å². The minimum Gasteiger partial charge on any atom is -0.396 e. The first-order valence-corrected chi connectivity index (χ1v) is 16.2. The molecule has 2 fully saturated rings. The average molecular weight is 699 g/mol. The van der Waals surface area contributed by atoms with Crippen molar-refractivity contribution >= 4 is 35.4 Å². The molecular formula is C30H48F2N10O7. The molecule has 10 N–H and O–H groups in total. The first-order chi connectivity index (χ1) is 23.0. The number of nitrogens with one attached hydrogen (secondary N) is 4. The summed E-state index contributed by atoms with van der Waals surface area (Å²) in [5.74, 6) is -8.21. The summed E-state index contributed by atoms with van der Waals surface area (Å²) in [7, 11) is 0. The molecule has 1 aliphatic heterocycles. The summed E-state index contributed by atoms with van der Waals surface area (Å²) in [6.07, 6.45) is -0.0215. The summed E-state index contributed by atoms with van der Waals surface area (Å²) in [5, 5.41) is 30.5. The molecule has 49 heavy (non-hydrogen) atoms. The van der Waals surface area contributed by atoms with E-state index in [0.29, 0.717) is 19.4 Å². The number of halogens is 2. The fourth-order valence-electron chi connectivity index (χ4n) is 5.84. The number of anilines is 1. The van der Waals surface area contributed by atoms with E-state index in [-0.39, 0.29) is 42.7 Å². The molecule has 1 aromatic rings. The highest BCUT2D eigenvalue weighted by Crippen LogP contribution is 2.47. The molecule has 6 atom stereocenters. The smallest absolute Gasteiger partial charge is 0.293 e. The molecule has 0 radical (unpaired) electrons. The van der Waals surface area contributed by atoms with Crippen LogP contribution in [0.5, 0.6) is 0 Å². The van der Waals surface area contributed by atoms with Gasteiger partial charge in [0.15, 0.2) is 0 Å². The number of hydrogen-bond acceptors (Lipinski definition) is 11. The number of nitrogen functional groups attached to an aromatic ring is 1. The lowest BCUT2D eigenvalue weighted by Crippen LogP contribution is -2.55. The summed E-state index contributed by atoms with van der Waals surface area (Å²) < 4.78 is 30.9. The van der Waals surface area contributed by atoms with E-state index < -0.39 is 84.7 Å². The van der Waals surface area contributed by atoms with Crippen molar-refractivity contribution in [2.45, 2.75) is 89.6 Å². The average Bonchev–Trinajstić information content (AvgIpc) is 3.62. The number of amides is 5. The summed E-state index contributed by atoms with van der Waals surface area (Å²) in [6.45, 7) is 5.84. The SMILES string of the molecule is CC(C)[C@H](N)C(=O)N1CCC[C@H]1C(=O)NCC(=O)N[C@H](C(=O)NCC(=O)N/N=c1\nc(N)ccn1[C@@H]1C[C@H](CCO)[C@@H](O)C1(F)F)C(C)C. The van der Waals surface area contributed by atoms with Crippen molar-refractivity contribution < 1.29 is 43.0 Å². The lowest BCUT2D eigenvalue weighted by molar-refractivity contribution is -0.140. The van der Waals surface area contributed by atoms with Gasteiger partial charge in [0.05, 0.1) is 19.1 Å². The van der Waals surface area contributed by atoms with Gasteiger partial charge in [-0.3, -0.25) is 24.0 Å². The molecule has 0 bridgehead atoms. The Labute approximate surface area is 282 Å². The maximum Gasteiger partial charge on any atom is 0.293 e. The van der Waals surface area contributed by atoms with E-state index in [9.17, 15) is 43.0 Å². The van der Waals surface area contributed by atoms with E-state index in [2.05, 4.69) is 31.5 Å². The van der Waals surface area contributed by atoms with Crippen molar-refractivity contribution in [1.82, 2.24) is 35.8 Å². The second-order valence-electron chi connectivity index (χ2n) is 13.0. The molecule has 5 amide bonds. The highest BCUT2D eigenvalue weighted by Gasteiger charge is 2.57. The fourth-order valence-corrected chi connectivity index (χ4v) is 5.84. The van der Waals surface area contributed by atoms with Crippen LogP contribution in [0.1, 0.15) is 59.4 Å². The van der Waals surface area contributed by atoms with Gasteiger partial charge in [-0.2, -0.15) is 4.98 Å². The Hall–Kier alpha value is -4.23. The molecule has 1 aliphatic carbocycles. The molecule has 1 aromatic heterocycles. The van der Waals surface area contributed by atoms with E-state index in [4.69, 9.17) is 11.5 Å². The molecule has 19 heteroatoms. The number of aliphatic hydroxyl groups is 2. The zero-order valence-corrected chi connectivity index (χ0v) is 28.1. The normalized spacial score (nSPS) is 23.3. The number of likely N-dealkylation sites (tertiary alicyclic amines) is 1. The molecule has 1 saturated carbocycles. The van der Waals surface area contributed by atoms with E-state index in [1.165, 1.54) is 17.2 Å². The number of nitrogens with zero attached hydrogens (tertiary/aromatic N) is 4. The third-order valence-corrected chi connectivity index (χ3v) is 8.75. The predicted octanol–water partition coefficient (Wildman–Crippen LogP) is -2.32. The van der Waals surface area contributed by atoms with E-state index in [1.807, 2.05) is 0 Å². The molecule has 2 heterocycles. The van der Waals surface area contributed by atoms with Crippen LogP contribution < -0.4 is 38.5 Å². The van der Waals surface area contributed by atoms with Crippen LogP contribution in [-0.4, -0.2) is 111 Å². The van der Waals surface area contributed by atoms with Crippen LogP contribution in [0.15, 0.2) is 17.4 Å². The van der Waals surface area contributed by atoms with E-state index >= 15 is 0 Å². The number of aliphatic hydroxyl groups excluding tert-OH is 2. The van der Waals surface area contributed by atoms with Gasteiger partial charge in [-0.15, -0.1) is 5.10 Å². The van der Waals surface area contributed by atoms with Crippen molar-refractivity contribution in [3.63, 3.8) is 0 Å². The van der Waals surface area contributed by atoms with Crippen LogP contribution in [-0.2, 0) is 24.0 Å². The summed E-state index contributed by atoms with van der Waals surface area (Å²) in [5.41, 5.74) is 13.4. The quantitative estimate of drug-likeness (QED) is 0.0963. The Bertz CT molecular complexity index is 1440. The minimum atomic E-state index is -3.60. The summed E-state index contributed by atoms with van der Waals surface area (Å²) in [4.78, 5) is 69.0. The van der Waals surface area contributed by atoms with Gasteiger partial charge < -0.3 is 47.1 Å². The van der Waals surface area contributed by atoms with Gasteiger partial charge in [-0.05, 0) is 49.5 Å². The Morgan fingerprint density at radius 1 is 1.10 bits per heavy atom. The molecule has 17 nitrogen and oxygen atoms in total. The molecule has 0 aromatic carbocycles. The highest BCUT2D eigenvalue weighted by molar-refractivity contribution is 5.94. The monoisotopic (exact) mass is 698 g/mol. The number of carbonyl (C=O) groups is 5. The van der Waals surface area contributed by atoms with Crippen LogP contribution in [0.3, 0.4) is 0 Å². The summed E-state index contributed by atoms with van der Waals surface area (Å²) in [6, 6.07) is -2.95. The first kappa shape index (κ1) is 39.2. The van der Waals surface area contributed by atoms with Gasteiger partial charge in [0.1, 0.15) is 30.0 Å². The lowest BCUT2D eigenvalue weighted by Gasteiger charge is -2.28. The van der Waals surface area contributed by atoms with Gasteiger partial charge in [0, 0.05) is 19.3 Å². The largest absolute Gasteiger partial charge is 0.396 e. The lowest BCUT2D eigenvalue weighted by atomic mass is 10.0. The number of alkyl halides is 2. The van der Waals surface area contributed by atoms with E-state index in [1.54, 1.807) is 27.7 Å². The Balaban J connectivity index is 1.57. The Morgan fingerprint density at radius 2 is 1.78 bits per heavy atom. The second kappa shape index (κ2) is 16.9. The first-order valence-electron chi connectivity index (χ1n) is 16.2.